The predicted octanol–water partition coefficient (Wildman–Crippen LogP) is 3.72. The smallest absolute Gasteiger partial charge is 0.167 e. The van der Waals surface area contributed by atoms with E-state index >= 15 is 0 Å². The number of benzene rings is 3. The van der Waals surface area contributed by atoms with E-state index in [9.17, 15) is 0 Å². The summed E-state index contributed by atoms with van der Waals surface area (Å²) < 4.78 is 10.8. The van der Waals surface area contributed by atoms with Crippen molar-refractivity contribution in [3.8, 4) is 17.1 Å². The van der Waals surface area contributed by atoms with Gasteiger partial charge < -0.3 is 14.2 Å². The van der Waals surface area contributed by atoms with Gasteiger partial charge in [-0.05, 0) is 29.0 Å². The van der Waals surface area contributed by atoms with Crippen LogP contribution in [0.2, 0.25) is 0 Å². The zero-order chi connectivity index (χ0) is 18.6. The van der Waals surface area contributed by atoms with Crippen molar-refractivity contribution in [2.24, 2.45) is 0 Å². The fraction of sp³-hybridized carbons (Fsp3) is 0.174. The third-order valence-corrected chi connectivity index (χ3v) is 4.72. The van der Waals surface area contributed by atoms with E-state index < -0.39 is 0 Å². The maximum Gasteiger partial charge on any atom is 0.167 e. The summed E-state index contributed by atoms with van der Waals surface area (Å²) in [4.78, 5) is 1.36. The number of fused-ring (bicyclic) bond motifs is 1. The minimum Gasteiger partial charge on any atom is -0.497 e. The summed E-state index contributed by atoms with van der Waals surface area (Å²) >= 11 is 0. The number of nitrogens with zero attached hydrogens (tertiary/aromatic N) is 1. The topological polar surface area (TPSA) is 39.7 Å². The molecule has 1 aromatic heterocycles. The molecule has 0 aliphatic carbocycles. The highest BCUT2D eigenvalue weighted by atomic mass is 16.5. The van der Waals surface area contributed by atoms with Crippen molar-refractivity contribution in [2.45, 2.75) is 13.1 Å². The Kier molecular flexibility index (Phi) is 4.90. The lowest BCUT2D eigenvalue weighted by Crippen LogP contribution is -3.06. The SMILES string of the molecule is COc1ccc2cc(C[NH+](C)Cc3cc(-c4ccccc4)on3)ccc2c1. The molecule has 4 aromatic rings. The molecule has 0 saturated heterocycles. The van der Waals surface area contributed by atoms with Crippen LogP contribution in [-0.4, -0.2) is 19.3 Å². The molecule has 1 unspecified atom stereocenters. The van der Waals surface area contributed by atoms with Gasteiger partial charge in [-0.15, -0.1) is 0 Å². The van der Waals surface area contributed by atoms with E-state index in [0.29, 0.717) is 0 Å². The maximum absolute atomic E-state index is 5.51. The van der Waals surface area contributed by atoms with E-state index in [1.807, 2.05) is 42.5 Å². The predicted molar refractivity (Wildman–Crippen MR) is 107 cm³/mol. The van der Waals surface area contributed by atoms with Crippen molar-refractivity contribution in [2.75, 3.05) is 14.2 Å². The zero-order valence-corrected chi connectivity index (χ0v) is 15.6. The van der Waals surface area contributed by atoms with Crippen LogP contribution in [0.15, 0.2) is 77.3 Å². The minimum absolute atomic E-state index is 0.816. The molecule has 0 bridgehead atoms. The summed E-state index contributed by atoms with van der Waals surface area (Å²) in [5.74, 6) is 1.70. The van der Waals surface area contributed by atoms with Gasteiger partial charge in [-0.2, -0.15) is 0 Å². The molecule has 0 saturated carbocycles. The second-order valence-electron chi connectivity index (χ2n) is 6.91. The van der Waals surface area contributed by atoms with Gasteiger partial charge in [0.15, 0.2) is 5.76 Å². The molecule has 1 N–H and O–H groups in total. The van der Waals surface area contributed by atoms with Gasteiger partial charge in [0.25, 0.3) is 0 Å². The van der Waals surface area contributed by atoms with Crippen LogP contribution in [0.25, 0.3) is 22.1 Å². The second-order valence-corrected chi connectivity index (χ2v) is 6.91. The highest BCUT2D eigenvalue weighted by molar-refractivity contribution is 5.84. The number of aromatic nitrogens is 1. The second kappa shape index (κ2) is 7.64. The molecule has 0 radical (unpaired) electrons. The molecule has 1 atom stereocenters. The number of methoxy groups -OCH3 is 1. The molecule has 4 nitrogen and oxygen atoms in total. The van der Waals surface area contributed by atoms with Gasteiger partial charge in [-0.1, -0.05) is 53.7 Å². The number of ether oxygens (including phenoxy) is 1. The van der Waals surface area contributed by atoms with E-state index in [1.165, 1.54) is 21.2 Å². The van der Waals surface area contributed by atoms with Gasteiger partial charge in [0.2, 0.25) is 0 Å². The third-order valence-electron chi connectivity index (χ3n) is 4.72. The Bertz CT molecular complexity index is 1040. The van der Waals surface area contributed by atoms with E-state index in [1.54, 1.807) is 7.11 Å². The molecule has 0 spiro atoms. The zero-order valence-electron chi connectivity index (χ0n) is 15.6. The Morgan fingerprint density at radius 1 is 0.889 bits per heavy atom. The van der Waals surface area contributed by atoms with Crippen LogP contribution in [0.1, 0.15) is 11.3 Å². The molecule has 1 heterocycles. The average Bonchev–Trinajstić information content (AvgIpc) is 3.16. The summed E-state index contributed by atoms with van der Waals surface area (Å²) in [7, 11) is 3.87. The Labute approximate surface area is 159 Å². The monoisotopic (exact) mass is 359 g/mol. The van der Waals surface area contributed by atoms with Crippen molar-refractivity contribution < 1.29 is 14.2 Å². The Morgan fingerprint density at radius 2 is 1.67 bits per heavy atom. The number of hydrogen-bond donors (Lipinski definition) is 1. The van der Waals surface area contributed by atoms with Crippen molar-refractivity contribution >= 4 is 10.8 Å². The lowest BCUT2D eigenvalue weighted by atomic mass is 10.1. The van der Waals surface area contributed by atoms with Crippen LogP contribution < -0.4 is 9.64 Å². The molecular formula is C23H23N2O2+. The Balaban J connectivity index is 1.44. The summed E-state index contributed by atoms with van der Waals surface area (Å²) in [5, 5.41) is 6.66. The van der Waals surface area contributed by atoms with Gasteiger partial charge in [0.1, 0.15) is 24.5 Å². The lowest BCUT2D eigenvalue weighted by molar-refractivity contribution is -0.908. The first-order chi connectivity index (χ1) is 13.2. The first-order valence-electron chi connectivity index (χ1n) is 9.10. The summed E-state index contributed by atoms with van der Waals surface area (Å²) in [6, 6.07) is 24.9. The van der Waals surface area contributed by atoms with Crippen LogP contribution in [0.3, 0.4) is 0 Å². The molecule has 3 aromatic carbocycles. The van der Waals surface area contributed by atoms with E-state index in [-0.39, 0.29) is 0 Å². The van der Waals surface area contributed by atoms with Gasteiger partial charge in [0, 0.05) is 17.2 Å². The molecule has 0 amide bonds. The normalized spacial score (nSPS) is 12.2. The standard InChI is InChI=1S/C23H22N2O2/c1-25(16-21-14-23(27-24-21)18-6-4-3-5-7-18)15-17-8-9-20-13-22(26-2)11-10-19(20)12-17/h3-14H,15-16H2,1-2H3/p+1. The molecular weight excluding hydrogens is 336 g/mol. The fourth-order valence-electron chi connectivity index (χ4n) is 3.36. The van der Waals surface area contributed by atoms with Crippen molar-refractivity contribution in [3.05, 3.63) is 84.1 Å². The number of rotatable bonds is 6. The minimum atomic E-state index is 0.816. The van der Waals surface area contributed by atoms with Crippen LogP contribution in [0.4, 0.5) is 0 Å². The third kappa shape index (κ3) is 4.01. The molecule has 0 aliphatic heterocycles. The van der Waals surface area contributed by atoms with Crippen LogP contribution >= 0.6 is 0 Å². The summed E-state index contributed by atoms with van der Waals surface area (Å²) in [6.45, 7) is 1.74. The van der Waals surface area contributed by atoms with Gasteiger partial charge in [0.05, 0.1) is 14.2 Å². The molecule has 0 aliphatic rings. The van der Waals surface area contributed by atoms with Gasteiger partial charge >= 0.3 is 0 Å². The maximum atomic E-state index is 5.51. The average molecular weight is 359 g/mol. The molecule has 27 heavy (non-hydrogen) atoms. The van der Waals surface area contributed by atoms with E-state index in [2.05, 4.69) is 42.5 Å². The Hall–Kier alpha value is -3.11. The molecule has 4 rings (SSSR count). The summed E-state index contributed by atoms with van der Waals surface area (Å²) in [5.41, 5.74) is 3.33. The molecule has 136 valence electrons. The summed E-state index contributed by atoms with van der Waals surface area (Å²) in [6.07, 6.45) is 0. The molecule has 4 heteroatoms. The number of hydrogen-bond acceptors (Lipinski definition) is 3. The van der Waals surface area contributed by atoms with Crippen LogP contribution in [0.5, 0.6) is 5.75 Å². The van der Waals surface area contributed by atoms with Crippen molar-refractivity contribution in [1.29, 1.82) is 0 Å². The lowest BCUT2D eigenvalue weighted by Gasteiger charge is -2.13. The first-order valence-corrected chi connectivity index (χ1v) is 9.10. The highest BCUT2D eigenvalue weighted by Crippen LogP contribution is 2.22. The largest absolute Gasteiger partial charge is 0.497 e. The van der Waals surface area contributed by atoms with Gasteiger partial charge in [-0.25, -0.2) is 0 Å². The van der Waals surface area contributed by atoms with E-state index in [4.69, 9.17) is 9.26 Å². The number of nitrogens with one attached hydrogen (secondary N) is 1. The number of quaternary nitrogens is 1. The Morgan fingerprint density at radius 3 is 2.48 bits per heavy atom. The van der Waals surface area contributed by atoms with Crippen molar-refractivity contribution in [3.63, 3.8) is 0 Å². The first kappa shape index (κ1) is 17.3. The van der Waals surface area contributed by atoms with Gasteiger partial charge in [-0.3, -0.25) is 0 Å². The van der Waals surface area contributed by atoms with Crippen molar-refractivity contribution in [1.82, 2.24) is 5.16 Å². The van der Waals surface area contributed by atoms with Crippen LogP contribution in [-0.2, 0) is 13.1 Å². The fourth-order valence-corrected chi connectivity index (χ4v) is 3.36. The quantitative estimate of drug-likeness (QED) is 0.570. The van der Waals surface area contributed by atoms with Crippen LogP contribution in [0, 0.1) is 0 Å². The highest BCUT2D eigenvalue weighted by Gasteiger charge is 2.12. The van der Waals surface area contributed by atoms with E-state index in [0.717, 1.165) is 35.9 Å². The molecule has 0 fully saturated rings.